The average Bonchev–Trinajstić information content (AvgIpc) is 3.56. The molecule has 202 valence electrons. The topological polar surface area (TPSA) is 116 Å². The van der Waals surface area contributed by atoms with E-state index in [2.05, 4.69) is 9.89 Å². The molecule has 2 aliphatic heterocycles. The lowest BCUT2D eigenvalue weighted by Gasteiger charge is -2.24. The Hall–Kier alpha value is -4.25. The third kappa shape index (κ3) is 4.97. The number of carbonyl (C=O) groups is 1. The number of methoxy groups -OCH3 is 1. The molecule has 3 aromatic rings. The number of rotatable bonds is 7. The van der Waals surface area contributed by atoms with Gasteiger partial charge in [0.15, 0.2) is 4.80 Å². The summed E-state index contributed by atoms with van der Waals surface area (Å²) < 4.78 is 12.5. The minimum absolute atomic E-state index is 0.0477. The van der Waals surface area contributed by atoms with E-state index in [1.807, 2.05) is 12.1 Å². The van der Waals surface area contributed by atoms with Crippen molar-refractivity contribution in [1.29, 1.82) is 0 Å². The van der Waals surface area contributed by atoms with Gasteiger partial charge in [0.1, 0.15) is 5.75 Å². The molecule has 0 spiro atoms. The Morgan fingerprint density at radius 3 is 2.56 bits per heavy atom. The number of hydrogen-bond donors (Lipinski definition) is 0. The number of carbonyl (C=O) groups excluding carboxylic acids is 1. The first-order chi connectivity index (χ1) is 18.8. The molecule has 1 atom stereocenters. The van der Waals surface area contributed by atoms with E-state index in [-0.39, 0.29) is 23.4 Å². The maximum Gasteiger partial charge on any atom is 0.338 e. The summed E-state index contributed by atoms with van der Waals surface area (Å²) in [7, 11) is 1.57. The fourth-order valence-electron chi connectivity index (χ4n) is 5.05. The number of esters is 1. The maximum atomic E-state index is 13.9. The Morgan fingerprint density at radius 1 is 1.21 bits per heavy atom. The molecule has 10 nitrogen and oxygen atoms in total. The van der Waals surface area contributed by atoms with Gasteiger partial charge < -0.3 is 14.4 Å². The van der Waals surface area contributed by atoms with E-state index in [9.17, 15) is 19.7 Å². The van der Waals surface area contributed by atoms with Crippen LogP contribution < -0.4 is 24.5 Å². The van der Waals surface area contributed by atoms with Crippen molar-refractivity contribution >= 4 is 34.8 Å². The second kappa shape index (κ2) is 10.9. The molecule has 1 saturated heterocycles. The van der Waals surface area contributed by atoms with Crippen LogP contribution in [0.15, 0.2) is 63.5 Å². The third-order valence-corrected chi connectivity index (χ3v) is 7.89. The average molecular weight is 549 g/mol. The van der Waals surface area contributed by atoms with Gasteiger partial charge in [-0.25, -0.2) is 9.79 Å². The van der Waals surface area contributed by atoms with Crippen molar-refractivity contribution in [1.82, 2.24) is 4.57 Å². The van der Waals surface area contributed by atoms with Gasteiger partial charge in [-0.15, -0.1) is 0 Å². The Morgan fingerprint density at radius 2 is 1.92 bits per heavy atom. The van der Waals surface area contributed by atoms with Crippen molar-refractivity contribution in [3.05, 3.63) is 94.7 Å². The van der Waals surface area contributed by atoms with Crippen LogP contribution in [-0.2, 0) is 9.53 Å². The van der Waals surface area contributed by atoms with Crippen molar-refractivity contribution in [3.63, 3.8) is 0 Å². The van der Waals surface area contributed by atoms with Crippen molar-refractivity contribution in [2.75, 3.05) is 31.7 Å². The van der Waals surface area contributed by atoms with E-state index in [1.165, 1.54) is 28.0 Å². The molecule has 1 aromatic heterocycles. The highest BCUT2D eigenvalue weighted by atomic mass is 32.1. The molecule has 3 heterocycles. The van der Waals surface area contributed by atoms with E-state index < -0.39 is 16.9 Å². The lowest BCUT2D eigenvalue weighted by Crippen LogP contribution is -2.40. The SMILES string of the molecule is CCOC(=O)C1=C(C)N=c2s/c(=C\c3cc([N+](=O)[O-])ccc3N3CCCC3)c(=O)n2C1c1ccc(OC)cc1. The number of allylic oxidation sites excluding steroid dienone is 1. The number of non-ortho nitro benzene ring substituents is 1. The largest absolute Gasteiger partial charge is 0.497 e. The van der Waals surface area contributed by atoms with Crippen LogP contribution in [0, 0.1) is 10.1 Å². The fraction of sp³-hybridized carbons (Fsp3) is 0.321. The first kappa shape index (κ1) is 26.4. The summed E-state index contributed by atoms with van der Waals surface area (Å²) in [6.45, 7) is 5.33. The normalized spacial score (nSPS) is 17.2. The zero-order valence-corrected chi connectivity index (χ0v) is 22.7. The number of nitro groups is 1. The lowest BCUT2D eigenvalue weighted by atomic mass is 9.96. The van der Waals surface area contributed by atoms with Crippen LogP contribution in [0.25, 0.3) is 6.08 Å². The van der Waals surface area contributed by atoms with Crippen molar-refractivity contribution in [2.24, 2.45) is 4.99 Å². The predicted molar refractivity (Wildman–Crippen MR) is 148 cm³/mol. The molecule has 0 amide bonds. The maximum absolute atomic E-state index is 13.9. The predicted octanol–water partition coefficient (Wildman–Crippen LogP) is 3.32. The van der Waals surface area contributed by atoms with Crippen LogP contribution >= 0.6 is 11.3 Å². The molecule has 0 saturated carbocycles. The van der Waals surface area contributed by atoms with Gasteiger partial charge in [0.05, 0.1) is 40.5 Å². The zero-order chi connectivity index (χ0) is 27.7. The summed E-state index contributed by atoms with van der Waals surface area (Å²) in [6.07, 6.45) is 3.77. The van der Waals surface area contributed by atoms with E-state index >= 15 is 0 Å². The standard InChI is InChI=1S/C28H28N4O6S/c1-4-38-27(34)24-17(2)29-28-31(25(24)18-7-10-21(37-3)11-8-18)26(33)23(39-28)16-19-15-20(32(35)36)9-12-22(19)30-13-5-6-14-30/h7-12,15-16,25H,4-6,13-14H2,1-3H3/b23-16-. The molecule has 0 bridgehead atoms. The molecule has 0 N–H and O–H groups in total. The summed E-state index contributed by atoms with van der Waals surface area (Å²) in [6, 6.07) is 11.2. The van der Waals surface area contributed by atoms with Crippen LogP contribution in [0.4, 0.5) is 11.4 Å². The molecule has 2 aliphatic rings. The molecular weight excluding hydrogens is 520 g/mol. The molecule has 0 aliphatic carbocycles. The van der Waals surface area contributed by atoms with Gasteiger partial charge in [0.2, 0.25) is 0 Å². The molecule has 1 unspecified atom stereocenters. The van der Waals surface area contributed by atoms with Gasteiger partial charge >= 0.3 is 5.97 Å². The van der Waals surface area contributed by atoms with Crippen molar-refractivity contribution < 1.29 is 19.2 Å². The third-order valence-electron chi connectivity index (χ3n) is 6.90. The zero-order valence-electron chi connectivity index (χ0n) is 21.9. The van der Waals surface area contributed by atoms with Crippen LogP contribution in [-0.4, -0.2) is 42.3 Å². The van der Waals surface area contributed by atoms with Gasteiger partial charge in [0, 0.05) is 36.5 Å². The van der Waals surface area contributed by atoms with Crippen LogP contribution in [0.5, 0.6) is 5.75 Å². The smallest absolute Gasteiger partial charge is 0.338 e. The number of benzene rings is 2. The second-order valence-corrected chi connectivity index (χ2v) is 10.3. The molecule has 5 rings (SSSR count). The highest BCUT2D eigenvalue weighted by molar-refractivity contribution is 7.07. The van der Waals surface area contributed by atoms with Crippen LogP contribution in [0.2, 0.25) is 0 Å². The van der Waals surface area contributed by atoms with E-state index in [4.69, 9.17) is 9.47 Å². The minimum atomic E-state index is -0.753. The van der Waals surface area contributed by atoms with Crippen molar-refractivity contribution in [2.45, 2.75) is 32.7 Å². The molecule has 11 heteroatoms. The first-order valence-electron chi connectivity index (χ1n) is 12.7. The van der Waals surface area contributed by atoms with Gasteiger partial charge in [0.25, 0.3) is 11.2 Å². The summed E-state index contributed by atoms with van der Waals surface area (Å²) in [5, 5.41) is 11.5. The molecule has 1 fully saturated rings. The number of nitrogens with zero attached hydrogens (tertiary/aromatic N) is 4. The Balaban J connectivity index is 1.71. The number of anilines is 1. The number of nitro benzene ring substituents is 1. The summed E-state index contributed by atoms with van der Waals surface area (Å²) in [5.74, 6) is 0.105. The number of hydrogen-bond acceptors (Lipinski definition) is 9. The van der Waals surface area contributed by atoms with Gasteiger partial charge in [-0.3, -0.25) is 19.5 Å². The highest BCUT2D eigenvalue weighted by Gasteiger charge is 2.33. The minimum Gasteiger partial charge on any atom is -0.497 e. The summed E-state index contributed by atoms with van der Waals surface area (Å²) in [4.78, 5) is 45.3. The Bertz CT molecular complexity index is 1650. The summed E-state index contributed by atoms with van der Waals surface area (Å²) >= 11 is 1.19. The molecule has 0 radical (unpaired) electrons. The van der Waals surface area contributed by atoms with Gasteiger partial charge in [-0.2, -0.15) is 0 Å². The fourth-order valence-corrected chi connectivity index (χ4v) is 6.09. The van der Waals surface area contributed by atoms with Crippen molar-refractivity contribution in [3.8, 4) is 5.75 Å². The number of aromatic nitrogens is 1. The van der Waals surface area contributed by atoms with Crippen LogP contribution in [0.1, 0.15) is 43.9 Å². The molecule has 39 heavy (non-hydrogen) atoms. The number of fused-ring (bicyclic) bond motifs is 1. The Kier molecular flexibility index (Phi) is 7.34. The monoisotopic (exact) mass is 548 g/mol. The van der Waals surface area contributed by atoms with Gasteiger partial charge in [-0.05, 0) is 56.5 Å². The second-order valence-electron chi connectivity index (χ2n) is 9.27. The lowest BCUT2D eigenvalue weighted by molar-refractivity contribution is -0.384. The van der Waals surface area contributed by atoms with E-state index in [0.717, 1.165) is 31.6 Å². The number of ether oxygens (including phenoxy) is 2. The molecular formula is C28H28N4O6S. The highest BCUT2D eigenvalue weighted by Crippen LogP contribution is 2.32. The summed E-state index contributed by atoms with van der Waals surface area (Å²) in [5.41, 5.74) is 2.51. The molecule has 2 aromatic carbocycles. The van der Waals surface area contributed by atoms with Gasteiger partial charge in [-0.1, -0.05) is 23.5 Å². The quantitative estimate of drug-likeness (QED) is 0.253. The number of thiazole rings is 1. The van der Waals surface area contributed by atoms with E-state index in [0.29, 0.717) is 31.9 Å². The van der Waals surface area contributed by atoms with Crippen LogP contribution in [0.3, 0.4) is 0 Å². The first-order valence-corrected chi connectivity index (χ1v) is 13.5. The Labute approximate surface area is 228 Å². The van der Waals surface area contributed by atoms with E-state index in [1.54, 1.807) is 45.2 Å².